The standard InChI is InChI=1S/C11H23NO3S/c1-11(2,3)16(14,15)12-7-4-5-10(9-12)6-8-13/h10,13H,4-9H2,1-3H3. The summed E-state index contributed by atoms with van der Waals surface area (Å²) in [5, 5.41) is 8.90. The SMILES string of the molecule is CC(C)(C)S(=O)(=O)N1CCCC(CCO)C1. The van der Waals surface area contributed by atoms with Crippen molar-refractivity contribution in [3.8, 4) is 0 Å². The van der Waals surface area contributed by atoms with Gasteiger partial charge in [-0.15, -0.1) is 0 Å². The van der Waals surface area contributed by atoms with Crippen LogP contribution >= 0.6 is 0 Å². The maximum absolute atomic E-state index is 12.2. The van der Waals surface area contributed by atoms with Gasteiger partial charge in [-0.2, -0.15) is 0 Å². The third-order valence-corrected chi connectivity index (χ3v) is 5.69. The van der Waals surface area contributed by atoms with E-state index in [2.05, 4.69) is 0 Å². The Balaban J connectivity index is 2.74. The van der Waals surface area contributed by atoms with E-state index in [9.17, 15) is 8.42 Å². The summed E-state index contributed by atoms with van der Waals surface area (Å²) in [4.78, 5) is 0. The fraction of sp³-hybridized carbons (Fsp3) is 1.00. The molecule has 1 aliphatic heterocycles. The Labute approximate surface area is 98.7 Å². The lowest BCUT2D eigenvalue weighted by Gasteiger charge is -2.35. The summed E-state index contributed by atoms with van der Waals surface area (Å²) in [5.41, 5.74) is 0. The summed E-state index contributed by atoms with van der Waals surface area (Å²) in [6.07, 6.45) is 2.63. The molecule has 96 valence electrons. The minimum atomic E-state index is -3.20. The average Bonchev–Trinajstić information content (AvgIpc) is 2.17. The van der Waals surface area contributed by atoms with Crippen molar-refractivity contribution in [3.05, 3.63) is 0 Å². The zero-order valence-corrected chi connectivity index (χ0v) is 11.3. The van der Waals surface area contributed by atoms with Gasteiger partial charge in [-0.05, 0) is 46.0 Å². The highest BCUT2D eigenvalue weighted by molar-refractivity contribution is 7.90. The van der Waals surface area contributed by atoms with E-state index in [0.29, 0.717) is 25.4 Å². The van der Waals surface area contributed by atoms with E-state index in [1.165, 1.54) is 0 Å². The number of piperidine rings is 1. The highest BCUT2D eigenvalue weighted by atomic mass is 32.2. The highest BCUT2D eigenvalue weighted by Crippen LogP contribution is 2.27. The molecule has 1 saturated heterocycles. The van der Waals surface area contributed by atoms with Crippen molar-refractivity contribution in [1.82, 2.24) is 4.31 Å². The van der Waals surface area contributed by atoms with Crippen LogP contribution < -0.4 is 0 Å². The van der Waals surface area contributed by atoms with E-state index in [1.807, 2.05) is 0 Å². The Morgan fingerprint density at radius 1 is 1.38 bits per heavy atom. The molecule has 0 spiro atoms. The molecule has 0 bridgehead atoms. The fourth-order valence-electron chi connectivity index (χ4n) is 2.05. The fourth-order valence-corrected chi connectivity index (χ4v) is 3.60. The van der Waals surface area contributed by atoms with Crippen LogP contribution in [0.2, 0.25) is 0 Å². The summed E-state index contributed by atoms with van der Waals surface area (Å²) in [5.74, 6) is 0.316. The predicted octanol–water partition coefficient (Wildman–Crippen LogP) is 1.21. The molecule has 5 heteroatoms. The molecule has 1 aliphatic rings. The van der Waals surface area contributed by atoms with Gasteiger partial charge >= 0.3 is 0 Å². The molecule has 0 aromatic rings. The third-order valence-electron chi connectivity index (χ3n) is 3.13. The van der Waals surface area contributed by atoms with Gasteiger partial charge in [0.15, 0.2) is 0 Å². The van der Waals surface area contributed by atoms with Gasteiger partial charge in [0.2, 0.25) is 10.0 Å². The molecule has 0 radical (unpaired) electrons. The van der Waals surface area contributed by atoms with Gasteiger partial charge in [0, 0.05) is 19.7 Å². The number of aliphatic hydroxyl groups is 1. The smallest absolute Gasteiger partial charge is 0.219 e. The van der Waals surface area contributed by atoms with Gasteiger partial charge in [-0.25, -0.2) is 12.7 Å². The lowest BCUT2D eigenvalue weighted by Crippen LogP contribution is -2.47. The number of hydrogen-bond acceptors (Lipinski definition) is 3. The van der Waals surface area contributed by atoms with E-state index in [1.54, 1.807) is 25.1 Å². The van der Waals surface area contributed by atoms with Crippen molar-refractivity contribution < 1.29 is 13.5 Å². The predicted molar refractivity (Wildman–Crippen MR) is 64.7 cm³/mol. The molecule has 1 heterocycles. The summed E-state index contributed by atoms with van der Waals surface area (Å²) in [6, 6.07) is 0. The molecular weight excluding hydrogens is 226 g/mol. The van der Waals surface area contributed by atoms with Crippen LogP contribution in [0.1, 0.15) is 40.0 Å². The first-order chi connectivity index (χ1) is 7.29. The van der Waals surface area contributed by atoms with Gasteiger partial charge in [0.1, 0.15) is 0 Å². The van der Waals surface area contributed by atoms with Crippen LogP contribution in [0.5, 0.6) is 0 Å². The lowest BCUT2D eigenvalue weighted by atomic mass is 9.97. The van der Waals surface area contributed by atoms with Crippen molar-refractivity contribution in [2.24, 2.45) is 5.92 Å². The van der Waals surface area contributed by atoms with E-state index in [4.69, 9.17) is 5.11 Å². The van der Waals surface area contributed by atoms with Crippen molar-refractivity contribution in [1.29, 1.82) is 0 Å². The Hall–Kier alpha value is -0.130. The van der Waals surface area contributed by atoms with Gasteiger partial charge in [-0.3, -0.25) is 0 Å². The molecule has 1 atom stereocenters. The van der Waals surface area contributed by atoms with Crippen LogP contribution in [0.25, 0.3) is 0 Å². The second kappa shape index (κ2) is 5.02. The van der Waals surface area contributed by atoms with E-state index < -0.39 is 14.8 Å². The molecule has 1 N–H and O–H groups in total. The van der Waals surface area contributed by atoms with Crippen molar-refractivity contribution >= 4 is 10.0 Å². The highest BCUT2D eigenvalue weighted by Gasteiger charge is 2.37. The maximum Gasteiger partial charge on any atom is 0.219 e. The first kappa shape index (κ1) is 13.9. The van der Waals surface area contributed by atoms with Gasteiger partial charge in [-0.1, -0.05) is 0 Å². The Morgan fingerprint density at radius 3 is 2.50 bits per heavy atom. The van der Waals surface area contributed by atoms with Gasteiger partial charge in [0.25, 0.3) is 0 Å². The van der Waals surface area contributed by atoms with Gasteiger partial charge < -0.3 is 5.11 Å². The lowest BCUT2D eigenvalue weighted by molar-refractivity contribution is 0.201. The maximum atomic E-state index is 12.2. The van der Waals surface area contributed by atoms with E-state index in [-0.39, 0.29) is 6.61 Å². The number of aliphatic hydroxyl groups excluding tert-OH is 1. The normalized spacial score (nSPS) is 24.6. The van der Waals surface area contributed by atoms with Crippen LogP contribution in [-0.4, -0.2) is 42.3 Å². The first-order valence-corrected chi connectivity index (χ1v) is 7.33. The summed E-state index contributed by atoms with van der Waals surface area (Å²) in [6.45, 7) is 6.55. The number of sulfonamides is 1. The number of nitrogens with zero attached hydrogens (tertiary/aromatic N) is 1. The van der Waals surface area contributed by atoms with Crippen molar-refractivity contribution in [2.45, 2.75) is 44.8 Å². The Bertz CT molecular complexity index is 317. The third kappa shape index (κ3) is 2.96. The molecule has 0 amide bonds. The molecule has 0 aromatic carbocycles. The monoisotopic (exact) mass is 249 g/mol. The second-order valence-corrected chi connectivity index (χ2v) is 8.19. The summed E-state index contributed by atoms with van der Waals surface area (Å²) in [7, 11) is -3.20. The second-order valence-electron chi connectivity index (χ2n) is 5.50. The van der Waals surface area contributed by atoms with E-state index in [0.717, 1.165) is 12.8 Å². The van der Waals surface area contributed by atoms with Crippen LogP contribution in [0.4, 0.5) is 0 Å². The topological polar surface area (TPSA) is 57.6 Å². The molecule has 4 nitrogen and oxygen atoms in total. The molecular formula is C11H23NO3S. The number of rotatable bonds is 3. The summed E-state index contributed by atoms with van der Waals surface area (Å²) < 4.78 is 25.3. The molecule has 1 unspecified atom stereocenters. The zero-order valence-electron chi connectivity index (χ0n) is 10.4. The quantitative estimate of drug-likeness (QED) is 0.818. The molecule has 0 aliphatic carbocycles. The largest absolute Gasteiger partial charge is 0.396 e. The first-order valence-electron chi connectivity index (χ1n) is 5.89. The van der Waals surface area contributed by atoms with Crippen LogP contribution in [-0.2, 0) is 10.0 Å². The minimum absolute atomic E-state index is 0.147. The molecule has 0 aromatic heterocycles. The Morgan fingerprint density at radius 2 is 2.00 bits per heavy atom. The average molecular weight is 249 g/mol. The molecule has 1 fully saturated rings. The van der Waals surface area contributed by atoms with Crippen LogP contribution in [0.15, 0.2) is 0 Å². The summed E-state index contributed by atoms with van der Waals surface area (Å²) >= 11 is 0. The minimum Gasteiger partial charge on any atom is -0.396 e. The zero-order chi connectivity index (χ0) is 12.4. The van der Waals surface area contributed by atoms with Crippen molar-refractivity contribution in [3.63, 3.8) is 0 Å². The molecule has 1 rings (SSSR count). The van der Waals surface area contributed by atoms with Crippen LogP contribution in [0, 0.1) is 5.92 Å². The Kier molecular flexibility index (Phi) is 4.37. The van der Waals surface area contributed by atoms with E-state index >= 15 is 0 Å². The van der Waals surface area contributed by atoms with Crippen molar-refractivity contribution in [2.75, 3.05) is 19.7 Å². The van der Waals surface area contributed by atoms with Crippen LogP contribution in [0.3, 0.4) is 0 Å². The molecule has 16 heavy (non-hydrogen) atoms. The van der Waals surface area contributed by atoms with Gasteiger partial charge in [0.05, 0.1) is 4.75 Å². The number of hydrogen-bond donors (Lipinski definition) is 1. The molecule has 0 saturated carbocycles.